The van der Waals surface area contributed by atoms with E-state index in [9.17, 15) is 0 Å². The first kappa shape index (κ1) is 7.13. The topological polar surface area (TPSA) is 9.23 Å². The van der Waals surface area contributed by atoms with Gasteiger partial charge in [0.1, 0.15) is 5.75 Å². The Balaban J connectivity index is 2.69. The van der Waals surface area contributed by atoms with Crippen LogP contribution in [0, 0.1) is 13.8 Å². The molecule has 1 nitrogen and oxygen atoms in total. The van der Waals surface area contributed by atoms with E-state index < -0.39 is 0 Å². The second-order valence-corrected chi connectivity index (χ2v) is 2.16. The van der Waals surface area contributed by atoms with Gasteiger partial charge in [0.15, 0.2) is 0 Å². The molecule has 0 N–H and O–H groups in total. The number of aryl methyl sites for hydroxylation is 1. The highest BCUT2D eigenvalue weighted by atomic mass is 16.5. The van der Waals surface area contributed by atoms with Gasteiger partial charge in [-0.15, -0.1) is 0 Å². The first-order chi connectivity index (χ1) is 4.83. The van der Waals surface area contributed by atoms with Crippen molar-refractivity contribution >= 4 is 0 Å². The number of ether oxygens (including phenoxy) is 1. The molecule has 1 heteroatoms. The van der Waals surface area contributed by atoms with Crippen LogP contribution in [-0.2, 0) is 0 Å². The second kappa shape index (κ2) is 3.25. The Morgan fingerprint density at radius 3 is 2.40 bits per heavy atom. The van der Waals surface area contributed by atoms with E-state index in [1.807, 2.05) is 31.2 Å². The highest BCUT2D eigenvalue weighted by molar-refractivity contribution is 5.26. The van der Waals surface area contributed by atoms with Crippen molar-refractivity contribution in [2.45, 2.75) is 6.92 Å². The molecule has 0 saturated carbocycles. The Morgan fingerprint density at radius 2 is 1.90 bits per heavy atom. The molecular formula is C9H11O. The molecule has 10 heavy (non-hydrogen) atoms. The molecule has 0 bridgehead atoms. The van der Waals surface area contributed by atoms with Crippen LogP contribution in [0.1, 0.15) is 5.56 Å². The molecule has 0 fully saturated rings. The maximum atomic E-state index is 5.15. The van der Waals surface area contributed by atoms with E-state index in [2.05, 4.69) is 6.92 Å². The quantitative estimate of drug-likeness (QED) is 0.604. The smallest absolute Gasteiger partial charge is 0.119 e. The van der Waals surface area contributed by atoms with Crippen LogP contribution in [0.15, 0.2) is 24.3 Å². The molecule has 1 radical (unpaired) electrons. The fraction of sp³-hybridized carbons (Fsp3) is 0.222. The van der Waals surface area contributed by atoms with Crippen LogP contribution in [0.2, 0.25) is 0 Å². The van der Waals surface area contributed by atoms with Gasteiger partial charge in [-0.25, -0.2) is 0 Å². The molecule has 0 unspecified atom stereocenters. The molecular weight excluding hydrogens is 124 g/mol. The van der Waals surface area contributed by atoms with Gasteiger partial charge in [-0.05, 0) is 26.0 Å². The lowest BCUT2D eigenvalue weighted by Crippen LogP contribution is -1.90. The maximum Gasteiger partial charge on any atom is 0.119 e. The van der Waals surface area contributed by atoms with Gasteiger partial charge >= 0.3 is 0 Å². The second-order valence-electron chi connectivity index (χ2n) is 2.16. The number of rotatable bonds is 2. The van der Waals surface area contributed by atoms with Gasteiger partial charge in [-0.2, -0.15) is 0 Å². The largest absolute Gasteiger partial charge is 0.494 e. The van der Waals surface area contributed by atoms with Crippen LogP contribution >= 0.6 is 0 Å². The van der Waals surface area contributed by atoms with E-state index in [1.54, 1.807) is 0 Å². The summed E-state index contributed by atoms with van der Waals surface area (Å²) in [5, 5.41) is 0. The van der Waals surface area contributed by atoms with E-state index in [4.69, 9.17) is 4.74 Å². The molecule has 1 aromatic carbocycles. The molecule has 0 amide bonds. The normalized spacial score (nSPS) is 9.40. The molecule has 0 aliphatic carbocycles. The number of benzene rings is 1. The van der Waals surface area contributed by atoms with Gasteiger partial charge in [0.2, 0.25) is 0 Å². The van der Waals surface area contributed by atoms with E-state index in [-0.39, 0.29) is 0 Å². The molecule has 0 saturated heterocycles. The average Bonchev–Trinajstić information content (AvgIpc) is 1.95. The lowest BCUT2D eigenvalue weighted by Gasteiger charge is -2.01. The Kier molecular flexibility index (Phi) is 2.32. The predicted molar refractivity (Wildman–Crippen MR) is 42.0 cm³/mol. The Morgan fingerprint density at radius 1 is 1.30 bits per heavy atom. The average molecular weight is 135 g/mol. The molecule has 1 rings (SSSR count). The minimum absolute atomic E-state index is 0.489. The van der Waals surface area contributed by atoms with Crippen molar-refractivity contribution < 1.29 is 4.74 Å². The summed E-state index contributed by atoms with van der Waals surface area (Å²) in [6, 6.07) is 7.93. The highest BCUT2D eigenvalue weighted by Crippen LogP contribution is 2.10. The Labute approximate surface area is 61.6 Å². The van der Waals surface area contributed by atoms with Crippen molar-refractivity contribution in [1.82, 2.24) is 0 Å². The molecule has 53 valence electrons. The van der Waals surface area contributed by atoms with Crippen LogP contribution in [0.4, 0.5) is 0 Å². The third kappa shape index (κ3) is 1.76. The number of hydrogen-bond acceptors (Lipinski definition) is 1. The van der Waals surface area contributed by atoms with Crippen LogP contribution in [0.5, 0.6) is 5.75 Å². The fourth-order valence-electron chi connectivity index (χ4n) is 0.752. The van der Waals surface area contributed by atoms with Crippen molar-refractivity contribution in [2.75, 3.05) is 6.61 Å². The lowest BCUT2D eigenvalue weighted by atomic mass is 10.2. The van der Waals surface area contributed by atoms with Gasteiger partial charge in [0, 0.05) is 0 Å². The number of hydrogen-bond donors (Lipinski definition) is 0. The van der Waals surface area contributed by atoms with E-state index in [0.29, 0.717) is 6.61 Å². The van der Waals surface area contributed by atoms with E-state index >= 15 is 0 Å². The summed E-state index contributed by atoms with van der Waals surface area (Å²) in [5.41, 5.74) is 1.25. The third-order valence-corrected chi connectivity index (χ3v) is 1.29. The molecule has 0 atom stereocenters. The molecule has 0 spiro atoms. The summed E-state index contributed by atoms with van der Waals surface area (Å²) >= 11 is 0. The third-order valence-electron chi connectivity index (χ3n) is 1.29. The first-order valence-corrected chi connectivity index (χ1v) is 3.31. The van der Waals surface area contributed by atoms with Gasteiger partial charge in [0.25, 0.3) is 0 Å². The Bertz CT molecular complexity index is 188. The Hall–Kier alpha value is -0.980. The van der Waals surface area contributed by atoms with Gasteiger partial charge in [0.05, 0.1) is 6.61 Å². The maximum absolute atomic E-state index is 5.15. The highest BCUT2D eigenvalue weighted by Gasteiger charge is 1.87. The zero-order valence-electron chi connectivity index (χ0n) is 6.13. The molecule has 1 aromatic rings. The van der Waals surface area contributed by atoms with Crippen molar-refractivity contribution in [1.29, 1.82) is 0 Å². The van der Waals surface area contributed by atoms with E-state index in [1.165, 1.54) is 5.56 Å². The van der Waals surface area contributed by atoms with Gasteiger partial charge in [-0.1, -0.05) is 17.7 Å². The van der Waals surface area contributed by atoms with Gasteiger partial charge < -0.3 is 4.74 Å². The SMILES string of the molecule is [CH2]COc1ccc(C)cc1. The van der Waals surface area contributed by atoms with Crippen molar-refractivity contribution in [2.24, 2.45) is 0 Å². The summed E-state index contributed by atoms with van der Waals surface area (Å²) in [6.07, 6.45) is 0. The first-order valence-electron chi connectivity index (χ1n) is 3.31. The molecule has 0 aromatic heterocycles. The van der Waals surface area contributed by atoms with Crippen molar-refractivity contribution in [3.63, 3.8) is 0 Å². The summed E-state index contributed by atoms with van der Waals surface area (Å²) < 4.78 is 5.15. The van der Waals surface area contributed by atoms with E-state index in [0.717, 1.165) is 5.75 Å². The minimum Gasteiger partial charge on any atom is -0.494 e. The molecule has 0 aliphatic heterocycles. The summed E-state index contributed by atoms with van der Waals surface area (Å²) in [5.74, 6) is 0.889. The lowest BCUT2D eigenvalue weighted by molar-refractivity contribution is 0.361. The van der Waals surface area contributed by atoms with Crippen molar-refractivity contribution in [3.8, 4) is 5.75 Å². The predicted octanol–water partition coefficient (Wildman–Crippen LogP) is 2.21. The van der Waals surface area contributed by atoms with Gasteiger partial charge in [-0.3, -0.25) is 0 Å². The van der Waals surface area contributed by atoms with Crippen molar-refractivity contribution in [3.05, 3.63) is 36.8 Å². The summed E-state index contributed by atoms with van der Waals surface area (Å²) in [4.78, 5) is 0. The fourth-order valence-corrected chi connectivity index (χ4v) is 0.752. The minimum atomic E-state index is 0.489. The summed E-state index contributed by atoms with van der Waals surface area (Å²) in [6.45, 7) is 6.12. The zero-order chi connectivity index (χ0) is 7.40. The van der Waals surface area contributed by atoms with Crippen LogP contribution in [-0.4, -0.2) is 6.61 Å². The summed E-state index contributed by atoms with van der Waals surface area (Å²) in [7, 11) is 0. The van der Waals surface area contributed by atoms with Crippen LogP contribution in [0.25, 0.3) is 0 Å². The monoisotopic (exact) mass is 135 g/mol. The molecule has 0 aliphatic rings. The van der Waals surface area contributed by atoms with Crippen LogP contribution in [0.3, 0.4) is 0 Å². The van der Waals surface area contributed by atoms with Crippen LogP contribution < -0.4 is 4.74 Å². The zero-order valence-corrected chi connectivity index (χ0v) is 6.13. The standard InChI is InChI=1S/C9H11O/c1-3-10-9-6-4-8(2)5-7-9/h4-7H,1,3H2,2H3. The molecule has 0 heterocycles.